The lowest BCUT2D eigenvalue weighted by Crippen LogP contribution is -2.42. The van der Waals surface area contributed by atoms with Crippen LogP contribution in [0.5, 0.6) is 17.2 Å². The smallest absolute Gasteiger partial charge is 0.345 e. The number of phenolic OH excluding ortho intramolecular Hbond substituents is 2. The predicted octanol–water partition coefficient (Wildman–Crippen LogP) is 0.0887. The lowest BCUT2D eigenvalue weighted by molar-refractivity contribution is -0.162. The zero-order valence-corrected chi connectivity index (χ0v) is 11.8. The Morgan fingerprint density at radius 3 is 2.61 bits per heavy atom. The van der Waals surface area contributed by atoms with E-state index in [-0.39, 0.29) is 35.7 Å². The highest BCUT2D eigenvalue weighted by atomic mass is 16.6. The van der Waals surface area contributed by atoms with Gasteiger partial charge in [-0.15, -0.1) is 0 Å². The molecule has 23 heavy (non-hydrogen) atoms. The lowest BCUT2D eigenvalue weighted by atomic mass is 9.90. The number of ether oxygens (including phenoxy) is 2. The summed E-state index contributed by atoms with van der Waals surface area (Å²) in [5.74, 6) is -2.36. The highest BCUT2D eigenvalue weighted by Crippen LogP contribution is 2.40. The summed E-state index contributed by atoms with van der Waals surface area (Å²) in [6.07, 6.45) is -2.35. The Morgan fingerprint density at radius 2 is 1.91 bits per heavy atom. The molecule has 0 fully saturated rings. The number of hydrogen-bond acceptors (Lipinski definition) is 7. The molecule has 2 aliphatic heterocycles. The number of carboxylic acid groups (broad SMARTS) is 1. The molecule has 0 aliphatic carbocycles. The molecule has 2 aliphatic rings. The summed E-state index contributed by atoms with van der Waals surface area (Å²) in [6, 6.07) is 2.41. The zero-order chi connectivity index (χ0) is 16.7. The summed E-state index contributed by atoms with van der Waals surface area (Å²) in [5, 5.41) is 38.5. The number of hydrogen-bond donors (Lipinski definition) is 4. The summed E-state index contributed by atoms with van der Waals surface area (Å²) in [6.45, 7) is 0. The molecule has 8 heteroatoms. The zero-order valence-electron chi connectivity index (χ0n) is 11.8. The van der Waals surface area contributed by atoms with Crippen molar-refractivity contribution in [3.63, 3.8) is 0 Å². The van der Waals surface area contributed by atoms with Crippen LogP contribution in [0.2, 0.25) is 0 Å². The van der Waals surface area contributed by atoms with E-state index < -0.39 is 30.3 Å². The number of aliphatic hydroxyl groups excluding tert-OH is 1. The molecule has 0 radical (unpaired) electrons. The summed E-state index contributed by atoms with van der Waals surface area (Å²) in [5.41, 5.74) is 0.620. The number of carboxylic acids is 1. The van der Waals surface area contributed by atoms with E-state index in [4.69, 9.17) is 9.84 Å². The van der Waals surface area contributed by atoms with Crippen LogP contribution in [0.4, 0.5) is 0 Å². The van der Waals surface area contributed by atoms with Gasteiger partial charge in [-0.05, 0) is 5.57 Å². The molecule has 0 saturated heterocycles. The van der Waals surface area contributed by atoms with Gasteiger partial charge in [0.25, 0.3) is 0 Å². The molecular weight excluding hydrogens is 308 g/mol. The molecule has 2 heterocycles. The van der Waals surface area contributed by atoms with E-state index >= 15 is 0 Å². The van der Waals surface area contributed by atoms with Crippen LogP contribution < -0.4 is 4.74 Å². The van der Waals surface area contributed by atoms with E-state index in [9.17, 15) is 24.9 Å². The van der Waals surface area contributed by atoms with Crippen LogP contribution in [0.25, 0.3) is 0 Å². The molecule has 122 valence electrons. The average Bonchev–Trinajstić information content (AvgIpc) is 2.46. The van der Waals surface area contributed by atoms with Gasteiger partial charge in [0, 0.05) is 36.6 Å². The van der Waals surface area contributed by atoms with Crippen LogP contribution >= 0.6 is 0 Å². The highest BCUT2D eigenvalue weighted by molar-refractivity contribution is 5.88. The molecule has 0 amide bonds. The standard InChI is InChI=1S/C15H14O8/c16-7-3-9(17)8-5-10(18)14(23-11(8)4-7)6-1-12(15(20)21)22-13(19)2-6/h2-4,10,12,14,16-18H,1,5H2,(H,20,21)/t10-,12-,14-/m1/s1. The third-order valence-corrected chi connectivity index (χ3v) is 3.81. The van der Waals surface area contributed by atoms with Crippen molar-refractivity contribution < 1.29 is 39.5 Å². The molecule has 0 spiro atoms. The van der Waals surface area contributed by atoms with Crippen LogP contribution in [0.15, 0.2) is 23.8 Å². The Balaban J connectivity index is 1.92. The van der Waals surface area contributed by atoms with E-state index in [1.54, 1.807) is 0 Å². The fourth-order valence-corrected chi connectivity index (χ4v) is 2.76. The second-order valence-electron chi connectivity index (χ2n) is 5.44. The monoisotopic (exact) mass is 322 g/mol. The number of aliphatic hydroxyl groups is 1. The number of aromatic hydroxyl groups is 2. The Labute approximate surface area is 130 Å². The van der Waals surface area contributed by atoms with Gasteiger partial charge >= 0.3 is 11.9 Å². The molecule has 3 rings (SSSR count). The van der Waals surface area contributed by atoms with E-state index in [0.717, 1.165) is 12.1 Å². The number of rotatable bonds is 2. The number of cyclic esters (lactones) is 1. The molecule has 8 nitrogen and oxygen atoms in total. The van der Waals surface area contributed by atoms with Gasteiger partial charge < -0.3 is 29.9 Å². The van der Waals surface area contributed by atoms with Crippen molar-refractivity contribution in [2.24, 2.45) is 0 Å². The van der Waals surface area contributed by atoms with Gasteiger partial charge in [-0.25, -0.2) is 9.59 Å². The van der Waals surface area contributed by atoms with Crippen LogP contribution in [-0.4, -0.2) is 50.7 Å². The number of esters is 1. The molecule has 0 saturated carbocycles. The van der Waals surface area contributed by atoms with E-state index in [1.165, 1.54) is 6.07 Å². The van der Waals surface area contributed by atoms with Crippen LogP contribution in [0.1, 0.15) is 12.0 Å². The van der Waals surface area contributed by atoms with Crippen molar-refractivity contribution in [1.82, 2.24) is 0 Å². The third kappa shape index (κ3) is 2.80. The van der Waals surface area contributed by atoms with Gasteiger partial charge in [0.2, 0.25) is 6.10 Å². The van der Waals surface area contributed by atoms with Crippen molar-refractivity contribution in [3.05, 3.63) is 29.3 Å². The second kappa shape index (κ2) is 5.47. The topological polar surface area (TPSA) is 134 Å². The minimum Gasteiger partial charge on any atom is -0.508 e. The van der Waals surface area contributed by atoms with Crippen molar-refractivity contribution >= 4 is 11.9 Å². The first-order chi connectivity index (χ1) is 10.8. The van der Waals surface area contributed by atoms with Crippen LogP contribution in [-0.2, 0) is 20.7 Å². The van der Waals surface area contributed by atoms with Gasteiger partial charge in [0.05, 0.1) is 6.10 Å². The summed E-state index contributed by atoms with van der Waals surface area (Å²) >= 11 is 0. The van der Waals surface area contributed by atoms with Crippen LogP contribution in [0, 0.1) is 0 Å². The first-order valence-corrected chi connectivity index (χ1v) is 6.88. The van der Waals surface area contributed by atoms with Gasteiger partial charge in [-0.2, -0.15) is 0 Å². The fourth-order valence-electron chi connectivity index (χ4n) is 2.76. The quantitative estimate of drug-likeness (QED) is 0.563. The minimum atomic E-state index is -1.34. The predicted molar refractivity (Wildman–Crippen MR) is 74.1 cm³/mol. The second-order valence-corrected chi connectivity index (χ2v) is 5.44. The number of carbonyl (C=O) groups is 2. The molecule has 1 aromatic carbocycles. The molecular formula is C15H14O8. The Kier molecular flexibility index (Phi) is 3.61. The maximum Gasteiger partial charge on any atom is 0.345 e. The first-order valence-electron chi connectivity index (χ1n) is 6.88. The van der Waals surface area contributed by atoms with Gasteiger partial charge in [0.1, 0.15) is 23.4 Å². The largest absolute Gasteiger partial charge is 0.508 e. The molecule has 3 atom stereocenters. The maximum absolute atomic E-state index is 11.5. The first kappa shape index (κ1) is 15.2. The highest BCUT2D eigenvalue weighted by Gasteiger charge is 2.38. The number of fused-ring (bicyclic) bond motifs is 1. The van der Waals surface area contributed by atoms with Crippen molar-refractivity contribution in [2.75, 3.05) is 0 Å². The Hall–Kier alpha value is -2.74. The van der Waals surface area contributed by atoms with E-state index in [2.05, 4.69) is 4.74 Å². The van der Waals surface area contributed by atoms with Gasteiger partial charge in [-0.3, -0.25) is 0 Å². The summed E-state index contributed by atoms with van der Waals surface area (Å²) < 4.78 is 10.3. The maximum atomic E-state index is 11.5. The van der Waals surface area contributed by atoms with E-state index in [1.807, 2.05) is 0 Å². The lowest BCUT2D eigenvalue weighted by Gasteiger charge is -2.34. The van der Waals surface area contributed by atoms with E-state index in [0.29, 0.717) is 5.56 Å². The fraction of sp³-hybridized carbons (Fsp3) is 0.333. The SMILES string of the molecule is O=C1C=C([C@H]2Oc3cc(O)cc(O)c3C[C@H]2O)C[C@H](C(=O)O)O1. The number of carbonyl (C=O) groups excluding carboxylic acids is 1. The molecule has 4 N–H and O–H groups in total. The normalized spacial score (nSPS) is 26.6. The number of phenols is 2. The molecule has 0 aromatic heterocycles. The molecule has 0 bridgehead atoms. The number of benzene rings is 1. The van der Waals surface area contributed by atoms with Crippen molar-refractivity contribution in [3.8, 4) is 17.2 Å². The Bertz CT molecular complexity index is 708. The van der Waals surface area contributed by atoms with Crippen LogP contribution in [0.3, 0.4) is 0 Å². The van der Waals surface area contributed by atoms with Crippen molar-refractivity contribution in [1.29, 1.82) is 0 Å². The Morgan fingerprint density at radius 1 is 1.17 bits per heavy atom. The average molecular weight is 322 g/mol. The molecule has 1 aromatic rings. The van der Waals surface area contributed by atoms with Gasteiger partial charge in [-0.1, -0.05) is 0 Å². The number of aliphatic carboxylic acids is 1. The molecule has 0 unspecified atom stereocenters. The minimum absolute atomic E-state index is 0.0379. The summed E-state index contributed by atoms with van der Waals surface area (Å²) in [7, 11) is 0. The van der Waals surface area contributed by atoms with Crippen molar-refractivity contribution in [2.45, 2.75) is 31.2 Å². The van der Waals surface area contributed by atoms with Gasteiger partial charge in [0.15, 0.2) is 0 Å². The summed E-state index contributed by atoms with van der Waals surface area (Å²) in [4.78, 5) is 22.5. The third-order valence-electron chi connectivity index (χ3n) is 3.81.